The number of nitrogens with zero attached hydrogens (tertiary/aromatic N) is 1. The van der Waals surface area contributed by atoms with Gasteiger partial charge in [-0.3, -0.25) is 4.79 Å². The number of carbonyl (C=O) groups excluding carboxylic acids is 1. The van der Waals surface area contributed by atoms with E-state index < -0.39 is 0 Å². The van der Waals surface area contributed by atoms with Crippen LogP contribution in [0.1, 0.15) is 42.5 Å². The lowest BCUT2D eigenvalue weighted by Gasteiger charge is -2.34. The standard InChI is InChI=1S/C15H19BrINO/c16-9-10-18(14-7-2-1-3-8-14)15(19)12-5-4-6-13(17)11-12/h4-6,11,14H,1-3,7-10H2. The van der Waals surface area contributed by atoms with Crippen LogP contribution in [0.5, 0.6) is 0 Å². The highest BCUT2D eigenvalue weighted by atomic mass is 127. The molecule has 0 unspecified atom stereocenters. The molecule has 0 aromatic heterocycles. The van der Waals surface area contributed by atoms with Gasteiger partial charge in [0.25, 0.3) is 5.91 Å². The molecule has 0 radical (unpaired) electrons. The van der Waals surface area contributed by atoms with E-state index in [4.69, 9.17) is 0 Å². The Hall–Kier alpha value is -0.100. The molecule has 1 aromatic carbocycles. The Labute approximate surface area is 137 Å². The zero-order valence-electron chi connectivity index (χ0n) is 10.9. The first-order chi connectivity index (χ1) is 9.22. The predicted octanol–water partition coefficient (Wildman–Crippen LogP) is 4.46. The Balaban J connectivity index is 2.15. The highest BCUT2D eigenvalue weighted by Crippen LogP contribution is 2.24. The molecule has 1 saturated carbocycles. The van der Waals surface area contributed by atoms with Crippen LogP contribution in [0.3, 0.4) is 0 Å². The second kappa shape index (κ2) is 7.62. The van der Waals surface area contributed by atoms with Crippen LogP contribution in [0.25, 0.3) is 0 Å². The molecule has 1 fully saturated rings. The van der Waals surface area contributed by atoms with E-state index in [0.717, 1.165) is 33.9 Å². The molecule has 2 rings (SSSR count). The van der Waals surface area contributed by atoms with Crippen molar-refractivity contribution in [3.05, 3.63) is 33.4 Å². The summed E-state index contributed by atoms with van der Waals surface area (Å²) in [6, 6.07) is 8.31. The average Bonchev–Trinajstić information content (AvgIpc) is 2.45. The highest BCUT2D eigenvalue weighted by molar-refractivity contribution is 14.1. The minimum absolute atomic E-state index is 0.185. The summed E-state index contributed by atoms with van der Waals surface area (Å²) in [5.41, 5.74) is 0.818. The third-order valence-electron chi connectivity index (χ3n) is 3.67. The van der Waals surface area contributed by atoms with Crippen molar-refractivity contribution in [1.82, 2.24) is 4.90 Å². The summed E-state index contributed by atoms with van der Waals surface area (Å²) in [6.45, 7) is 0.801. The zero-order valence-corrected chi connectivity index (χ0v) is 14.7. The second-order valence-electron chi connectivity index (χ2n) is 4.99. The number of carbonyl (C=O) groups is 1. The van der Waals surface area contributed by atoms with Gasteiger partial charge >= 0.3 is 0 Å². The number of rotatable bonds is 4. The van der Waals surface area contributed by atoms with Crippen molar-refractivity contribution >= 4 is 44.4 Å². The number of hydrogen-bond acceptors (Lipinski definition) is 1. The number of hydrogen-bond donors (Lipinski definition) is 0. The van der Waals surface area contributed by atoms with Crippen LogP contribution in [-0.4, -0.2) is 28.7 Å². The van der Waals surface area contributed by atoms with Crippen molar-refractivity contribution in [2.45, 2.75) is 38.1 Å². The number of benzene rings is 1. The third kappa shape index (κ3) is 4.18. The summed E-state index contributed by atoms with van der Waals surface area (Å²) in [5, 5.41) is 0.846. The maximum atomic E-state index is 12.7. The first-order valence-corrected chi connectivity index (χ1v) is 9.05. The summed E-state index contributed by atoms with van der Waals surface area (Å²) >= 11 is 5.73. The van der Waals surface area contributed by atoms with Gasteiger partial charge in [-0.1, -0.05) is 41.3 Å². The minimum Gasteiger partial charge on any atom is -0.335 e. The molecule has 104 valence electrons. The van der Waals surface area contributed by atoms with Gasteiger partial charge in [0.1, 0.15) is 0 Å². The summed E-state index contributed by atoms with van der Waals surface area (Å²) in [5.74, 6) is 0.185. The van der Waals surface area contributed by atoms with Gasteiger partial charge in [0.05, 0.1) is 0 Å². The van der Waals surface area contributed by atoms with Crippen molar-refractivity contribution < 1.29 is 4.79 Å². The third-order valence-corrected chi connectivity index (χ3v) is 4.70. The normalized spacial score (nSPS) is 16.3. The fourth-order valence-corrected chi connectivity index (χ4v) is 3.65. The Kier molecular flexibility index (Phi) is 6.13. The van der Waals surface area contributed by atoms with Gasteiger partial charge in [0, 0.05) is 27.1 Å². The molecule has 1 aliphatic carbocycles. The van der Waals surface area contributed by atoms with Crippen molar-refractivity contribution in [2.75, 3.05) is 11.9 Å². The topological polar surface area (TPSA) is 20.3 Å². The maximum Gasteiger partial charge on any atom is 0.254 e. The molecule has 0 spiro atoms. The molecule has 1 aliphatic rings. The summed E-state index contributed by atoms with van der Waals surface area (Å²) in [4.78, 5) is 14.8. The van der Waals surface area contributed by atoms with E-state index in [2.05, 4.69) is 43.4 Å². The van der Waals surface area contributed by atoms with Gasteiger partial charge < -0.3 is 4.90 Å². The largest absolute Gasteiger partial charge is 0.335 e. The van der Waals surface area contributed by atoms with Gasteiger partial charge in [-0.25, -0.2) is 0 Å². The molecule has 0 N–H and O–H groups in total. The summed E-state index contributed by atoms with van der Waals surface area (Å²) < 4.78 is 1.12. The number of amides is 1. The predicted molar refractivity (Wildman–Crippen MR) is 90.9 cm³/mol. The number of alkyl halides is 1. The van der Waals surface area contributed by atoms with Crippen molar-refractivity contribution in [3.63, 3.8) is 0 Å². The van der Waals surface area contributed by atoms with E-state index in [0.29, 0.717) is 6.04 Å². The van der Waals surface area contributed by atoms with Gasteiger partial charge in [0.2, 0.25) is 0 Å². The molecule has 0 bridgehead atoms. The molecule has 2 nitrogen and oxygen atoms in total. The van der Waals surface area contributed by atoms with Crippen LogP contribution in [0.4, 0.5) is 0 Å². The fraction of sp³-hybridized carbons (Fsp3) is 0.533. The molecular formula is C15H19BrINO. The Morgan fingerprint density at radius 1 is 1.32 bits per heavy atom. The molecular weight excluding hydrogens is 417 g/mol. The van der Waals surface area contributed by atoms with Gasteiger partial charge in [0.15, 0.2) is 0 Å². The van der Waals surface area contributed by atoms with E-state index in [-0.39, 0.29) is 5.91 Å². The lowest BCUT2D eigenvalue weighted by molar-refractivity contribution is 0.0651. The SMILES string of the molecule is O=C(c1cccc(I)c1)N(CCBr)C1CCCCC1. The first kappa shape index (κ1) is 15.3. The lowest BCUT2D eigenvalue weighted by atomic mass is 9.93. The number of halogens is 2. The molecule has 19 heavy (non-hydrogen) atoms. The summed E-state index contributed by atoms with van der Waals surface area (Å²) in [6.07, 6.45) is 6.13. The zero-order chi connectivity index (χ0) is 13.7. The Morgan fingerprint density at radius 2 is 2.05 bits per heavy atom. The molecule has 1 aromatic rings. The second-order valence-corrected chi connectivity index (χ2v) is 7.03. The van der Waals surface area contributed by atoms with E-state index in [1.54, 1.807) is 0 Å². The van der Waals surface area contributed by atoms with E-state index >= 15 is 0 Å². The van der Waals surface area contributed by atoms with Crippen LogP contribution in [0, 0.1) is 3.57 Å². The quantitative estimate of drug-likeness (QED) is 0.505. The van der Waals surface area contributed by atoms with Crippen LogP contribution >= 0.6 is 38.5 Å². The van der Waals surface area contributed by atoms with E-state index in [1.807, 2.05) is 24.3 Å². The first-order valence-electron chi connectivity index (χ1n) is 6.85. The molecule has 1 amide bonds. The average molecular weight is 436 g/mol. The van der Waals surface area contributed by atoms with Crippen LogP contribution in [-0.2, 0) is 0 Å². The molecule has 0 atom stereocenters. The molecule has 0 heterocycles. The van der Waals surface area contributed by atoms with Gasteiger partial charge in [-0.2, -0.15) is 0 Å². The van der Waals surface area contributed by atoms with Gasteiger partial charge in [-0.05, 0) is 53.6 Å². The maximum absolute atomic E-state index is 12.7. The molecule has 0 saturated heterocycles. The van der Waals surface area contributed by atoms with Crippen LogP contribution in [0.2, 0.25) is 0 Å². The summed E-state index contributed by atoms with van der Waals surface area (Å²) in [7, 11) is 0. The van der Waals surface area contributed by atoms with Crippen molar-refractivity contribution in [2.24, 2.45) is 0 Å². The monoisotopic (exact) mass is 435 g/mol. The van der Waals surface area contributed by atoms with Gasteiger partial charge in [-0.15, -0.1) is 0 Å². The lowest BCUT2D eigenvalue weighted by Crippen LogP contribution is -2.42. The Morgan fingerprint density at radius 3 is 2.68 bits per heavy atom. The van der Waals surface area contributed by atoms with E-state index in [9.17, 15) is 4.79 Å². The highest BCUT2D eigenvalue weighted by Gasteiger charge is 2.25. The van der Waals surface area contributed by atoms with E-state index in [1.165, 1.54) is 19.3 Å². The van der Waals surface area contributed by atoms with Crippen LogP contribution in [0.15, 0.2) is 24.3 Å². The minimum atomic E-state index is 0.185. The molecule has 0 aliphatic heterocycles. The van der Waals surface area contributed by atoms with Crippen molar-refractivity contribution in [1.29, 1.82) is 0 Å². The fourth-order valence-electron chi connectivity index (χ4n) is 2.72. The van der Waals surface area contributed by atoms with Crippen molar-refractivity contribution in [3.8, 4) is 0 Å². The van der Waals surface area contributed by atoms with Crippen LogP contribution < -0.4 is 0 Å². The Bertz CT molecular complexity index is 432. The smallest absolute Gasteiger partial charge is 0.254 e. The molecule has 4 heteroatoms.